The quantitative estimate of drug-likeness (QED) is 0.802. The molecule has 4 heterocycles. The van der Waals surface area contributed by atoms with Gasteiger partial charge in [0.2, 0.25) is 5.91 Å². The van der Waals surface area contributed by atoms with E-state index in [1.54, 1.807) is 6.20 Å². The number of amides is 1. The number of rotatable bonds is 5. The summed E-state index contributed by atoms with van der Waals surface area (Å²) < 4.78 is 0. The molecule has 0 N–H and O–H groups in total. The van der Waals surface area contributed by atoms with Gasteiger partial charge in [-0.05, 0) is 56.7 Å². The number of carbonyl (C=O) groups excluding carboxylic acids is 1. The fourth-order valence-electron chi connectivity index (χ4n) is 4.73. The number of likely N-dealkylation sites (tertiary alicyclic amines) is 2. The zero-order valence-electron chi connectivity index (χ0n) is 16.3. The van der Waals surface area contributed by atoms with Gasteiger partial charge < -0.3 is 4.90 Å². The van der Waals surface area contributed by atoms with Crippen molar-refractivity contribution in [3.8, 4) is 11.5 Å². The van der Waals surface area contributed by atoms with Gasteiger partial charge in [-0.2, -0.15) is 0 Å². The minimum atomic E-state index is -0.151. The van der Waals surface area contributed by atoms with Crippen LogP contribution in [0, 0.1) is 11.3 Å². The molecule has 1 spiro atoms. The van der Waals surface area contributed by atoms with Gasteiger partial charge in [-0.25, -0.2) is 9.97 Å². The number of hydrogen-bond acceptors (Lipinski definition) is 5. The zero-order valence-corrected chi connectivity index (χ0v) is 16.3. The third kappa shape index (κ3) is 3.53. The lowest BCUT2D eigenvalue weighted by Gasteiger charge is -2.39. The topological polar surface area (TPSA) is 62.2 Å². The lowest BCUT2D eigenvalue weighted by Crippen LogP contribution is -2.50. The number of aromatic nitrogens is 3. The second-order valence-corrected chi connectivity index (χ2v) is 8.67. The molecule has 2 aromatic heterocycles. The Hall–Kier alpha value is -2.34. The van der Waals surface area contributed by atoms with Crippen molar-refractivity contribution in [1.82, 2.24) is 24.8 Å². The van der Waals surface area contributed by atoms with Gasteiger partial charge in [-0.1, -0.05) is 6.07 Å². The monoisotopic (exact) mass is 377 g/mol. The maximum atomic E-state index is 13.2. The molecule has 3 aliphatic rings. The van der Waals surface area contributed by atoms with Crippen molar-refractivity contribution in [2.24, 2.45) is 11.3 Å². The smallest absolute Gasteiger partial charge is 0.230 e. The van der Waals surface area contributed by atoms with Crippen molar-refractivity contribution in [3.05, 3.63) is 42.4 Å². The number of piperidine rings is 1. The molecule has 3 fully saturated rings. The Morgan fingerprint density at radius 2 is 1.93 bits per heavy atom. The lowest BCUT2D eigenvalue weighted by atomic mass is 9.78. The van der Waals surface area contributed by atoms with Crippen LogP contribution in [-0.4, -0.2) is 56.8 Å². The van der Waals surface area contributed by atoms with Crippen LogP contribution in [0.2, 0.25) is 0 Å². The molecule has 2 aliphatic heterocycles. The molecular weight excluding hydrogens is 350 g/mol. The minimum absolute atomic E-state index is 0.151. The minimum Gasteiger partial charge on any atom is -0.342 e. The Labute approximate surface area is 166 Å². The predicted octanol–water partition coefficient (Wildman–Crippen LogP) is 2.76. The molecule has 1 aliphatic carbocycles. The van der Waals surface area contributed by atoms with Gasteiger partial charge in [0.1, 0.15) is 5.69 Å². The Morgan fingerprint density at radius 1 is 1.07 bits per heavy atom. The van der Waals surface area contributed by atoms with E-state index in [0.29, 0.717) is 11.7 Å². The molecule has 0 radical (unpaired) electrons. The van der Waals surface area contributed by atoms with Gasteiger partial charge in [-0.15, -0.1) is 0 Å². The highest BCUT2D eigenvalue weighted by atomic mass is 16.2. The summed E-state index contributed by atoms with van der Waals surface area (Å²) >= 11 is 0. The van der Waals surface area contributed by atoms with Gasteiger partial charge in [0.15, 0.2) is 5.82 Å². The van der Waals surface area contributed by atoms with Crippen LogP contribution in [0.3, 0.4) is 0 Å². The highest BCUT2D eigenvalue weighted by molar-refractivity contribution is 5.84. The van der Waals surface area contributed by atoms with E-state index >= 15 is 0 Å². The highest BCUT2D eigenvalue weighted by Gasteiger charge is 2.48. The Balaban J connectivity index is 1.23. The molecule has 5 rings (SSSR count). The number of nitrogens with zero attached hydrogens (tertiary/aromatic N) is 5. The molecular formula is C22H27N5O. The third-order valence-electron chi connectivity index (χ3n) is 6.44. The van der Waals surface area contributed by atoms with Crippen LogP contribution >= 0.6 is 0 Å². The first-order valence-corrected chi connectivity index (χ1v) is 10.5. The van der Waals surface area contributed by atoms with Crippen LogP contribution < -0.4 is 0 Å². The summed E-state index contributed by atoms with van der Waals surface area (Å²) in [6.07, 6.45) is 11.3. The number of carbonyl (C=O) groups is 1. The molecule has 28 heavy (non-hydrogen) atoms. The van der Waals surface area contributed by atoms with E-state index in [-0.39, 0.29) is 5.41 Å². The predicted molar refractivity (Wildman–Crippen MR) is 106 cm³/mol. The van der Waals surface area contributed by atoms with Crippen LogP contribution in [0.25, 0.3) is 11.5 Å². The largest absolute Gasteiger partial charge is 0.342 e. The summed E-state index contributed by atoms with van der Waals surface area (Å²) in [5.41, 5.74) is 1.73. The summed E-state index contributed by atoms with van der Waals surface area (Å²) in [5, 5.41) is 0. The van der Waals surface area contributed by atoms with Crippen molar-refractivity contribution in [2.75, 3.05) is 26.2 Å². The number of hydrogen-bond donors (Lipinski definition) is 0. The average Bonchev–Trinajstić information content (AvgIpc) is 3.46. The molecule has 2 saturated heterocycles. The summed E-state index contributed by atoms with van der Waals surface area (Å²) in [6, 6.07) is 5.75. The summed E-state index contributed by atoms with van der Waals surface area (Å²) in [5.74, 6) is 1.83. The molecule has 0 unspecified atom stereocenters. The molecule has 1 saturated carbocycles. The fourth-order valence-corrected chi connectivity index (χ4v) is 4.73. The van der Waals surface area contributed by atoms with E-state index in [1.165, 1.54) is 12.8 Å². The Bertz CT molecular complexity index is 836. The highest BCUT2D eigenvalue weighted by Crippen LogP contribution is 2.42. The molecule has 6 heteroatoms. The van der Waals surface area contributed by atoms with E-state index in [4.69, 9.17) is 0 Å². The van der Waals surface area contributed by atoms with E-state index in [1.807, 2.05) is 30.6 Å². The van der Waals surface area contributed by atoms with Crippen molar-refractivity contribution in [2.45, 2.75) is 38.6 Å². The van der Waals surface area contributed by atoms with Gasteiger partial charge >= 0.3 is 0 Å². The Kier molecular flexibility index (Phi) is 4.59. The molecule has 6 nitrogen and oxygen atoms in total. The zero-order chi connectivity index (χ0) is 19.0. The lowest BCUT2D eigenvalue weighted by molar-refractivity contribution is -0.145. The third-order valence-corrected chi connectivity index (χ3v) is 6.44. The van der Waals surface area contributed by atoms with Crippen molar-refractivity contribution < 1.29 is 4.79 Å². The van der Waals surface area contributed by atoms with E-state index in [0.717, 1.165) is 69.2 Å². The number of pyridine rings is 1. The molecule has 1 atom stereocenters. The molecule has 146 valence electrons. The van der Waals surface area contributed by atoms with Crippen LogP contribution in [0.5, 0.6) is 0 Å². The molecule has 2 aromatic rings. The first-order valence-electron chi connectivity index (χ1n) is 10.5. The fraction of sp³-hybridized carbons (Fsp3) is 0.545. The average molecular weight is 377 g/mol. The van der Waals surface area contributed by atoms with Crippen LogP contribution in [-0.2, 0) is 11.3 Å². The summed E-state index contributed by atoms with van der Waals surface area (Å²) in [7, 11) is 0. The normalized spacial score (nSPS) is 25.6. The van der Waals surface area contributed by atoms with Crippen molar-refractivity contribution >= 4 is 5.91 Å². The van der Waals surface area contributed by atoms with E-state index in [2.05, 4.69) is 24.8 Å². The first-order chi connectivity index (χ1) is 13.7. The van der Waals surface area contributed by atoms with Gasteiger partial charge in [0.05, 0.1) is 5.41 Å². The molecule has 0 bridgehead atoms. The summed E-state index contributed by atoms with van der Waals surface area (Å²) in [4.78, 5) is 31.0. The van der Waals surface area contributed by atoms with Gasteiger partial charge in [-0.3, -0.25) is 14.7 Å². The van der Waals surface area contributed by atoms with Crippen LogP contribution in [0.4, 0.5) is 0 Å². The second-order valence-electron chi connectivity index (χ2n) is 8.67. The van der Waals surface area contributed by atoms with Gasteiger partial charge in [0.25, 0.3) is 0 Å². The van der Waals surface area contributed by atoms with Crippen LogP contribution in [0.1, 0.15) is 37.7 Å². The SMILES string of the molecule is O=C1N(CC2CC2)CCC[C@@]12CCN(Cc1cnc(-c3ccccn3)nc1)C2. The maximum Gasteiger partial charge on any atom is 0.230 e. The molecule has 1 amide bonds. The van der Waals surface area contributed by atoms with E-state index in [9.17, 15) is 4.79 Å². The van der Waals surface area contributed by atoms with E-state index < -0.39 is 0 Å². The van der Waals surface area contributed by atoms with Gasteiger partial charge in [0, 0.05) is 50.3 Å². The van der Waals surface area contributed by atoms with Crippen molar-refractivity contribution in [1.29, 1.82) is 0 Å². The Morgan fingerprint density at radius 3 is 2.68 bits per heavy atom. The maximum absolute atomic E-state index is 13.2. The summed E-state index contributed by atoms with van der Waals surface area (Å²) in [6.45, 7) is 4.60. The first kappa shape index (κ1) is 17.7. The standard InChI is InChI=1S/C22H27N5O/c28-21-22(7-3-10-27(21)15-17-5-6-17)8-11-26(16-22)14-18-12-24-20(25-13-18)19-4-1-2-9-23-19/h1-2,4,9,12-13,17H,3,5-8,10-11,14-16H2/t22-/m0/s1. The van der Waals surface area contributed by atoms with Crippen LogP contribution in [0.15, 0.2) is 36.8 Å². The van der Waals surface area contributed by atoms with Crippen molar-refractivity contribution in [3.63, 3.8) is 0 Å². The molecule has 0 aromatic carbocycles. The second kappa shape index (κ2) is 7.24.